The average Bonchev–Trinajstić information content (AvgIpc) is 2.57. The van der Waals surface area contributed by atoms with Gasteiger partial charge >= 0.3 is 0 Å². The quantitative estimate of drug-likeness (QED) is 0.218. The highest BCUT2D eigenvalue weighted by atomic mass is 127. The van der Waals surface area contributed by atoms with Crippen molar-refractivity contribution in [2.24, 2.45) is 10.1 Å². The summed E-state index contributed by atoms with van der Waals surface area (Å²) in [6, 6.07) is 6.42. The predicted molar refractivity (Wildman–Crippen MR) is 121 cm³/mol. The molecule has 0 spiro atoms. The summed E-state index contributed by atoms with van der Waals surface area (Å²) in [5, 5.41) is 22.2. The summed E-state index contributed by atoms with van der Waals surface area (Å²) in [4.78, 5) is 4.55. The molecular formula is C18H33IN4O3S. The van der Waals surface area contributed by atoms with Crippen molar-refractivity contribution in [3.8, 4) is 0 Å². The molecule has 1 rings (SSSR count). The Balaban J connectivity index is 0.00000676. The predicted octanol–water partition coefficient (Wildman–Crippen LogP) is 2.34. The van der Waals surface area contributed by atoms with Crippen LogP contribution in [0.3, 0.4) is 0 Å². The lowest BCUT2D eigenvalue weighted by molar-refractivity contribution is 0.0257. The molecule has 1 aromatic carbocycles. The van der Waals surface area contributed by atoms with Gasteiger partial charge in [-0.15, -0.1) is 24.0 Å². The number of nitrogens with zero attached hydrogens (tertiary/aromatic N) is 1. The molecule has 0 aromatic heterocycles. The number of rotatable bonds is 10. The number of hydrogen-bond acceptors (Lipinski definition) is 4. The molecule has 0 unspecified atom stereocenters. The zero-order valence-electron chi connectivity index (χ0n) is 16.4. The highest BCUT2D eigenvalue weighted by Crippen LogP contribution is 2.18. The van der Waals surface area contributed by atoms with Gasteiger partial charge in [0.05, 0.1) is 17.0 Å². The second kappa shape index (κ2) is 12.5. The number of guanidine groups is 1. The minimum Gasteiger partial charge on any atom is -0.388 e. The minimum atomic E-state index is -3.73. The van der Waals surface area contributed by atoms with E-state index in [-0.39, 0.29) is 28.9 Å². The second-order valence-electron chi connectivity index (χ2n) is 6.47. The van der Waals surface area contributed by atoms with Crippen LogP contribution in [0.25, 0.3) is 0 Å². The molecule has 0 heterocycles. The van der Waals surface area contributed by atoms with Crippen molar-refractivity contribution in [2.75, 3.05) is 13.1 Å². The van der Waals surface area contributed by atoms with Gasteiger partial charge in [0.1, 0.15) is 0 Å². The summed E-state index contributed by atoms with van der Waals surface area (Å²) in [6.07, 6.45) is 3.27. The number of aliphatic hydroxyl groups is 1. The first kappa shape index (κ1) is 26.1. The molecule has 0 saturated heterocycles. The number of hydrogen-bond donors (Lipinski definition) is 4. The van der Waals surface area contributed by atoms with Crippen LogP contribution in [0.2, 0.25) is 0 Å². The monoisotopic (exact) mass is 512 g/mol. The van der Waals surface area contributed by atoms with Gasteiger partial charge in [-0.05, 0) is 37.5 Å². The van der Waals surface area contributed by atoms with E-state index in [2.05, 4.69) is 29.5 Å². The number of nitrogens with two attached hydrogens (primary N) is 1. The van der Waals surface area contributed by atoms with Crippen LogP contribution in [0.4, 0.5) is 0 Å². The molecule has 0 radical (unpaired) electrons. The van der Waals surface area contributed by atoms with E-state index in [1.54, 1.807) is 12.1 Å². The fourth-order valence-corrected chi connectivity index (χ4v) is 3.40. The van der Waals surface area contributed by atoms with Crippen LogP contribution >= 0.6 is 24.0 Å². The first-order valence-corrected chi connectivity index (χ1v) is 10.6. The Hall–Kier alpha value is -0.910. The third-order valence-corrected chi connectivity index (χ3v) is 4.92. The highest BCUT2D eigenvalue weighted by molar-refractivity contribution is 14.0. The first-order chi connectivity index (χ1) is 12.2. The van der Waals surface area contributed by atoms with Crippen LogP contribution < -0.4 is 15.8 Å². The van der Waals surface area contributed by atoms with Gasteiger partial charge in [0, 0.05) is 13.1 Å². The molecule has 1 aromatic rings. The molecule has 0 bridgehead atoms. The smallest absolute Gasteiger partial charge is 0.238 e. The Bertz CT molecular complexity index is 690. The van der Waals surface area contributed by atoms with Gasteiger partial charge in [-0.1, -0.05) is 38.8 Å². The highest BCUT2D eigenvalue weighted by Gasteiger charge is 2.24. The number of halogens is 1. The van der Waals surface area contributed by atoms with E-state index in [1.165, 1.54) is 12.1 Å². The number of benzene rings is 1. The van der Waals surface area contributed by atoms with E-state index in [1.807, 2.05) is 6.92 Å². The van der Waals surface area contributed by atoms with E-state index in [9.17, 15) is 13.5 Å². The van der Waals surface area contributed by atoms with Crippen LogP contribution in [0.15, 0.2) is 34.2 Å². The zero-order chi connectivity index (χ0) is 19.6. The Labute approximate surface area is 180 Å². The van der Waals surface area contributed by atoms with E-state index >= 15 is 0 Å². The second-order valence-corrected chi connectivity index (χ2v) is 8.03. The number of nitrogens with one attached hydrogen (secondary N) is 2. The Kier molecular flexibility index (Phi) is 12.1. The maximum absolute atomic E-state index is 11.5. The summed E-state index contributed by atoms with van der Waals surface area (Å²) in [5.41, 5.74) is -0.0149. The molecule has 0 aliphatic carbocycles. The maximum Gasteiger partial charge on any atom is 0.238 e. The van der Waals surface area contributed by atoms with E-state index < -0.39 is 15.6 Å². The molecule has 9 heteroatoms. The lowest BCUT2D eigenvalue weighted by Crippen LogP contribution is -2.47. The fraction of sp³-hybridized carbons (Fsp3) is 0.611. The first-order valence-electron chi connectivity index (χ1n) is 9.10. The van der Waals surface area contributed by atoms with Crippen LogP contribution in [-0.2, 0) is 16.6 Å². The fourth-order valence-electron chi connectivity index (χ4n) is 2.81. The van der Waals surface area contributed by atoms with Gasteiger partial charge in [0.15, 0.2) is 5.96 Å². The maximum atomic E-state index is 11.5. The Morgan fingerprint density at radius 1 is 1.19 bits per heavy atom. The summed E-state index contributed by atoms with van der Waals surface area (Å²) in [5.74, 6) is 0.583. The van der Waals surface area contributed by atoms with Gasteiger partial charge in [-0.2, -0.15) is 0 Å². The molecule has 7 nitrogen and oxygen atoms in total. The Morgan fingerprint density at radius 2 is 1.81 bits per heavy atom. The molecule has 0 amide bonds. The summed E-state index contributed by atoms with van der Waals surface area (Å²) >= 11 is 0. The van der Waals surface area contributed by atoms with Gasteiger partial charge in [0.2, 0.25) is 10.0 Å². The van der Waals surface area contributed by atoms with E-state index in [0.29, 0.717) is 25.6 Å². The molecule has 0 aliphatic heterocycles. The van der Waals surface area contributed by atoms with Crippen molar-refractivity contribution in [1.82, 2.24) is 10.6 Å². The largest absolute Gasteiger partial charge is 0.388 e. The molecule has 0 saturated carbocycles. The molecule has 27 heavy (non-hydrogen) atoms. The van der Waals surface area contributed by atoms with Gasteiger partial charge in [0.25, 0.3) is 0 Å². The van der Waals surface area contributed by atoms with Gasteiger partial charge in [-0.3, -0.25) is 0 Å². The van der Waals surface area contributed by atoms with Crippen molar-refractivity contribution in [2.45, 2.75) is 63.5 Å². The van der Waals surface area contributed by atoms with Crippen LogP contribution in [0.5, 0.6) is 0 Å². The lowest BCUT2D eigenvalue weighted by Gasteiger charge is -2.28. The molecule has 156 valence electrons. The third kappa shape index (κ3) is 9.72. The third-order valence-electron chi connectivity index (χ3n) is 4.01. The zero-order valence-corrected chi connectivity index (χ0v) is 19.5. The standard InChI is InChI=1S/C18H32N4O3S.HI/c1-4-10-18(23,11-5-2)14-22-17(20-6-3)21-13-15-8-7-9-16(12-15)26(19,24)25;/h7-9,12,23H,4-6,10-11,13-14H2,1-3H3,(H2,19,24,25)(H2,20,21,22);1H. The average molecular weight is 512 g/mol. The lowest BCUT2D eigenvalue weighted by atomic mass is 9.93. The van der Waals surface area contributed by atoms with Crippen molar-refractivity contribution < 1.29 is 13.5 Å². The number of sulfonamides is 1. The van der Waals surface area contributed by atoms with Crippen LogP contribution in [0, 0.1) is 0 Å². The summed E-state index contributed by atoms with van der Waals surface area (Å²) < 4.78 is 22.9. The molecule has 0 aliphatic rings. The molecular weight excluding hydrogens is 479 g/mol. The normalized spacial score (nSPS) is 12.4. The number of primary sulfonamides is 1. The summed E-state index contributed by atoms with van der Waals surface area (Å²) in [7, 11) is -3.73. The van der Waals surface area contributed by atoms with E-state index in [4.69, 9.17) is 5.14 Å². The molecule has 0 fully saturated rings. The van der Waals surface area contributed by atoms with E-state index in [0.717, 1.165) is 31.2 Å². The van der Waals surface area contributed by atoms with Gasteiger partial charge in [-0.25, -0.2) is 18.5 Å². The van der Waals surface area contributed by atoms with Gasteiger partial charge < -0.3 is 15.7 Å². The van der Waals surface area contributed by atoms with Crippen molar-refractivity contribution in [3.63, 3.8) is 0 Å². The van der Waals surface area contributed by atoms with Crippen molar-refractivity contribution in [3.05, 3.63) is 29.8 Å². The van der Waals surface area contributed by atoms with Crippen molar-refractivity contribution in [1.29, 1.82) is 0 Å². The SMILES string of the molecule is CCCC(O)(CCC)CNC(=NCc1cccc(S(N)(=O)=O)c1)NCC.I. The summed E-state index contributed by atoms with van der Waals surface area (Å²) in [6.45, 7) is 7.47. The Morgan fingerprint density at radius 3 is 2.33 bits per heavy atom. The topological polar surface area (TPSA) is 117 Å². The van der Waals surface area contributed by atoms with Crippen molar-refractivity contribution >= 4 is 40.0 Å². The molecule has 0 atom stereocenters. The molecule has 5 N–H and O–H groups in total. The van der Waals surface area contributed by atoms with Crippen LogP contribution in [0.1, 0.15) is 52.0 Å². The van der Waals surface area contributed by atoms with Crippen LogP contribution in [-0.4, -0.2) is 38.2 Å². The minimum absolute atomic E-state index is 0. The number of aliphatic imine (C=N–C) groups is 1.